The zero-order chi connectivity index (χ0) is 18.0. The second-order valence-corrected chi connectivity index (χ2v) is 7.13. The largest absolute Gasteiger partial charge is 0.371 e. The number of aromatic nitrogens is 3. The number of likely N-dealkylation sites (tertiary alicyclic amines) is 1. The minimum Gasteiger partial charge on any atom is -0.371 e. The number of nitrogens with one attached hydrogen (secondary N) is 1. The molecule has 1 N–H and O–H groups in total. The van der Waals surface area contributed by atoms with Gasteiger partial charge in [0.05, 0.1) is 36.7 Å². The van der Waals surface area contributed by atoms with E-state index in [1.165, 1.54) is 0 Å². The summed E-state index contributed by atoms with van der Waals surface area (Å²) < 4.78 is 6.18. The summed E-state index contributed by atoms with van der Waals surface area (Å²) >= 11 is 0. The Kier molecular flexibility index (Phi) is 4.55. The van der Waals surface area contributed by atoms with Crippen molar-refractivity contribution in [2.24, 2.45) is 0 Å². The zero-order valence-electron chi connectivity index (χ0n) is 14.9. The molecule has 2 aromatic rings. The molecule has 4 heterocycles. The van der Waals surface area contributed by atoms with Crippen LogP contribution in [0.5, 0.6) is 0 Å². The molecule has 7 nitrogen and oxygen atoms in total. The molecule has 2 saturated heterocycles. The molecule has 136 valence electrons. The molecule has 2 aliphatic heterocycles. The van der Waals surface area contributed by atoms with E-state index < -0.39 is 0 Å². The maximum absolute atomic E-state index is 12.8. The summed E-state index contributed by atoms with van der Waals surface area (Å²) in [6.07, 6.45) is 7.73. The van der Waals surface area contributed by atoms with Crippen LogP contribution in [-0.2, 0) is 4.74 Å². The number of hydrogen-bond donors (Lipinski definition) is 1. The summed E-state index contributed by atoms with van der Waals surface area (Å²) in [5, 5.41) is 3.43. The summed E-state index contributed by atoms with van der Waals surface area (Å²) in [6.45, 7) is 3.82. The first-order chi connectivity index (χ1) is 12.6. The topological polar surface area (TPSA) is 80.2 Å². The maximum Gasteiger partial charge on any atom is 0.274 e. The molecule has 2 fully saturated rings. The van der Waals surface area contributed by atoms with Crippen LogP contribution in [-0.4, -0.2) is 57.1 Å². The Labute approximate surface area is 152 Å². The lowest BCUT2D eigenvalue weighted by molar-refractivity contribution is -0.0448. The first-order valence-corrected chi connectivity index (χ1v) is 9.03. The smallest absolute Gasteiger partial charge is 0.274 e. The summed E-state index contributed by atoms with van der Waals surface area (Å²) in [4.78, 5) is 27.3. The average molecular weight is 353 g/mol. The first-order valence-electron chi connectivity index (χ1n) is 9.03. The molecule has 0 saturated carbocycles. The minimum absolute atomic E-state index is 0.0682. The predicted molar refractivity (Wildman–Crippen MR) is 96.9 cm³/mol. The normalized spacial score (nSPS) is 25.4. The van der Waals surface area contributed by atoms with E-state index in [2.05, 4.69) is 20.3 Å². The molecular weight excluding hydrogens is 330 g/mol. The number of amides is 1. The Bertz CT molecular complexity index is 767. The van der Waals surface area contributed by atoms with Gasteiger partial charge in [0.1, 0.15) is 11.5 Å². The van der Waals surface area contributed by atoms with Crippen LogP contribution < -0.4 is 5.32 Å². The molecule has 2 aromatic heterocycles. The summed E-state index contributed by atoms with van der Waals surface area (Å²) in [6, 6.07) is 6.03. The van der Waals surface area contributed by atoms with E-state index in [4.69, 9.17) is 4.74 Å². The molecular formula is C19H23N5O2. The Hall–Kier alpha value is -2.54. The molecule has 0 bridgehead atoms. The number of aryl methyl sites for hydroxylation is 1. The van der Waals surface area contributed by atoms with Crippen molar-refractivity contribution in [3.05, 3.63) is 48.2 Å². The van der Waals surface area contributed by atoms with Crippen molar-refractivity contribution in [2.45, 2.75) is 37.8 Å². The van der Waals surface area contributed by atoms with Crippen molar-refractivity contribution >= 4 is 11.7 Å². The number of pyridine rings is 1. The highest BCUT2D eigenvalue weighted by Gasteiger charge is 2.44. The van der Waals surface area contributed by atoms with Crippen LogP contribution in [0.1, 0.15) is 35.4 Å². The standard InChI is InChI=1S/C19H23N5O2/c1-14-10-22-16(11-21-14)18(25)24-8-4-6-19(13-24)9-15(12-26-19)23-17-5-2-3-7-20-17/h2-3,5,7,10-11,15H,4,6,8-9,12-13H2,1H3,(H,20,23)/t15-,19+/m0/s1. The quantitative estimate of drug-likeness (QED) is 0.910. The van der Waals surface area contributed by atoms with Crippen molar-refractivity contribution in [1.82, 2.24) is 19.9 Å². The molecule has 0 aliphatic carbocycles. The van der Waals surface area contributed by atoms with Crippen molar-refractivity contribution in [2.75, 3.05) is 25.0 Å². The van der Waals surface area contributed by atoms with E-state index >= 15 is 0 Å². The number of piperidine rings is 1. The van der Waals surface area contributed by atoms with Crippen LogP contribution >= 0.6 is 0 Å². The fourth-order valence-electron chi connectivity index (χ4n) is 3.82. The van der Waals surface area contributed by atoms with Gasteiger partial charge in [-0.05, 0) is 31.9 Å². The third-order valence-electron chi connectivity index (χ3n) is 5.05. The van der Waals surface area contributed by atoms with E-state index in [0.29, 0.717) is 18.8 Å². The van der Waals surface area contributed by atoms with Gasteiger partial charge in [0.25, 0.3) is 5.91 Å². The Morgan fingerprint density at radius 2 is 2.23 bits per heavy atom. The summed E-state index contributed by atoms with van der Waals surface area (Å²) in [5.74, 6) is 0.790. The fraction of sp³-hybridized carbons (Fsp3) is 0.474. The molecule has 2 aliphatic rings. The van der Waals surface area contributed by atoms with Crippen LogP contribution in [0.4, 0.5) is 5.82 Å². The molecule has 4 rings (SSSR count). The van der Waals surface area contributed by atoms with Crippen LogP contribution in [0, 0.1) is 6.92 Å². The SMILES string of the molecule is Cc1cnc(C(=O)N2CCC[C@@]3(C[C@H](Nc4ccccn4)CO3)C2)cn1. The maximum atomic E-state index is 12.8. The van der Waals surface area contributed by atoms with Crippen LogP contribution in [0.25, 0.3) is 0 Å². The van der Waals surface area contributed by atoms with Crippen molar-refractivity contribution in [3.8, 4) is 0 Å². The number of anilines is 1. The Morgan fingerprint density at radius 1 is 1.31 bits per heavy atom. The monoisotopic (exact) mass is 353 g/mol. The molecule has 1 spiro atoms. The molecule has 0 radical (unpaired) electrons. The van der Waals surface area contributed by atoms with Gasteiger partial charge in [0.2, 0.25) is 0 Å². The van der Waals surface area contributed by atoms with E-state index in [1.54, 1.807) is 18.6 Å². The average Bonchev–Trinajstić information content (AvgIpc) is 3.04. The van der Waals surface area contributed by atoms with E-state index in [0.717, 1.165) is 37.3 Å². The number of carbonyl (C=O) groups excluding carboxylic acids is 1. The van der Waals surface area contributed by atoms with Crippen molar-refractivity contribution < 1.29 is 9.53 Å². The lowest BCUT2D eigenvalue weighted by Crippen LogP contribution is -2.50. The van der Waals surface area contributed by atoms with Gasteiger partial charge in [-0.15, -0.1) is 0 Å². The van der Waals surface area contributed by atoms with Gasteiger partial charge in [-0.3, -0.25) is 9.78 Å². The second kappa shape index (κ2) is 6.99. The van der Waals surface area contributed by atoms with E-state index in [-0.39, 0.29) is 17.6 Å². The Balaban J connectivity index is 1.41. The molecule has 0 unspecified atom stereocenters. The van der Waals surface area contributed by atoms with E-state index in [9.17, 15) is 4.79 Å². The van der Waals surface area contributed by atoms with Gasteiger partial charge in [-0.1, -0.05) is 6.07 Å². The van der Waals surface area contributed by atoms with Crippen LogP contribution in [0.2, 0.25) is 0 Å². The third kappa shape index (κ3) is 3.53. The lowest BCUT2D eigenvalue weighted by atomic mass is 9.88. The second-order valence-electron chi connectivity index (χ2n) is 7.13. The van der Waals surface area contributed by atoms with Gasteiger partial charge >= 0.3 is 0 Å². The third-order valence-corrected chi connectivity index (χ3v) is 5.05. The lowest BCUT2D eigenvalue weighted by Gasteiger charge is -2.39. The van der Waals surface area contributed by atoms with Crippen molar-refractivity contribution in [3.63, 3.8) is 0 Å². The highest BCUT2D eigenvalue weighted by Crippen LogP contribution is 2.36. The number of carbonyl (C=O) groups is 1. The summed E-state index contributed by atoms with van der Waals surface area (Å²) in [5.41, 5.74) is 0.923. The van der Waals surface area contributed by atoms with Crippen LogP contribution in [0.15, 0.2) is 36.8 Å². The van der Waals surface area contributed by atoms with Gasteiger partial charge in [0, 0.05) is 25.4 Å². The molecule has 7 heteroatoms. The predicted octanol–water partition coefficient (Wildman–Crippen LogP) is 2.06. The Morgan fingerprint density at radius 3 is 3.00 bits per heavy atom. The minimum atomic E-state index is -0.279. The molecule has 26 heavy (non-hydrogen) atoms. The fourth-order valence-corrected chi connectivity index (χ4v) is 3.82. The van der Waals surface area contributed by atoms with E-state index in [1.807, 2.05) is 30.0 Å². The molecule has 2 atom stereocenters. The van der Waals surface area contributed by atoms with Crippen LogP contribution in [0.3, 0.4) is 0 Å². The number of hydrogen-bond acceptors (Lipinski definition) is 6. The van der Waals surface area contributed by atoms with Gasteiger partial charge in [-0.25, -0.2) is 9.97 Å². The first kappa shape index (κ1) is 16.9. The highest BCUT2D eigenvalue weighted by molar-refractivity contribution is 5.92. The number of ether oxygens (including phenoxy) is 1. The highest BCUT2D eigenvalue weighted by atomic mass is 16.5. The van der Waals surface area contributed by atoms with Gasteiger partial charge in [-0.2, -0.15) is 0 Å². The molecule has 0 aromatic carbocycles. The number of nitrogens with zero attached hydrogens (tertiary/aromatic N) is 4. The summed E-state index contributed by atoms with van der Waals surface area (Å²) in [7, 11) is 0. The van der Waals surface area contributed by atoms with Gasteiger partial charge in [0.15, 0.2) is 0 Å². The van der Waals surface area contributed by atoms with Crippen molar-refractivity contribution in [1.29, 1.82) is 0 Å². The zero-order valence-corrected chi connectivity index (χ0v) is 14.9. The van der Waals surface area contributed by atoms with Gasteiger partial charge < -0.3 is 15.0 Å². The number of rotatable bonds is 3. The molecule has 1 amide bonds.